The Labute approximate surface area is 247 Å². The molecule has 0 atom stereocenters. The Morgan fingerprint density at radius 1 is 0.706 bits per heavy atom. The molecule has 168 valence electrons. The van der Waals surface area contributed by atoms with Gasteiger partial charge in [-0.15, -0.1) is 0 Å². The number of hydrogen-bond donors (Lipinski definition) is 0. The van der Waals surface area contributed by atoms with Crippen molar-refractivity contribution in [3.8, 4) is 32.6 Å². The predicted octanol–water partition coefficient (Wildman–Crippen LogP) is -3.08. The smallest absolute Gasteiger partial charge is 0.744 e. The molecule has 2 aromatic carbocycles. The van der Waals surface area contributed by atoms with Crippen molar-refractivity contribution in [2.45, 2.75) is 9.79 Å². The van der Waals surface area contributed by atoms with Gasteiger partial charge in [0.2, 0.25) is 0 Å². The second-order valence-electron chi connectivity index (χ2n) is 6.23. The predicted molar refractivity (Wildman–Crippen MR) is 115 cm³/mol. The Balaban J connectivity index is 0.00000204. The number of nitrogens with zero attached hydrogens (tertiary/aromatic N) is 2. The molecule has 4 rings (SSSR count). The minimum absolute atomic E-state index is 0. The van der Waals surface area contributed by atoms with Crippen molar-refractivity contribution in [1.29, 1.82) is 0 Å². The largest absolute Gasteiger partial charge is 1.00 e. The first-order chi connectivity index (χ1) is 15.0. The maximum absolute atomic E-state index is 11.5. The zero-order chi connectivity index (χ0) is 23.3. The zero-order valence-corrected chi connectivity index (χ0v) is 25.5. The van der Waals surface area contributed by atoms with Crippen LogP contribution in [0.5, 0.6) is 11.5 Å². The number of hydrogen-bond acceptors (Lipinski definition) is 12. The summed E-state index contributed by atoms with van der Waals surface area (Å²) in [5, 5.41) is 0.769. The molecule has 0 aliphatic rings. The monoisotopic (exact) mass is 558 g/mol. The molecule has 0 spiro atoms. The molecule has 0 amide bonds. The Hall–Kier alpha value is -0.620. The Bertz CT molecular complexity index is 1420. The van der Waals surface area contributed by atoms with Gasteiger partial charge < -0.3 is 18.6 Å². The quantitative estimate of drug-likeness (QED) is 0.176. The molecule has 10 nitrogen and oxygen atoms in total. The van der Waals surface area contributed by atoms with E-state index in [1.54, 1.807) is 12.1 Å². The van der Waals surface area contributed by atoms with Gasteiger partial charge in [-0.05, 0) is 24.3 Å². The van der Waals surface area contributed by atoms with Crippen molar-refractivity contribution < 1.29 is 94.5 Å². The molecule has 2 heterocycles. The summed E-state index contributed by atoms with van der Waals surface area (Å²) < 4.78 is 79.6. The molecule has 0 unspecified atom stereocenters. The van der Waals surface area contributed by atoms with Crippen LogP contribution >= 0.6 is 22.7 Å². The van der Waals surface area contributed by atoms with E-state index < -0.39 is 30.0 Å². The van der Waals surface area contributed by atoms with E-state index in [4.69, 9.17) is 9.47 Å². The van der Waals surface area contributed by atoms with Crippen LogP contribution in [-0.4, -0.2) is 50.1 Å². The van der Waals surface area contributed by atoms with E-state index >= 15 is 0 Å². The average Bonchev–Trinajstić information content (AvgIpc) is 3.30. The van der Waals surface area contributed by atoms with Crippen LogP contribution < -0.4 is 68.6 Å². The van der Waals surface area contributed by atoms with Gasteiger partial charge in [-0.25, -0.2) is 26.8 Å². The fourth-order valence-corrected chi connectivity index (χ4v) is 6.47. The van der Waals surface area contributed by atoms with Gasteiger partial charge in [-0.2, -0.15) is 0 Å². The normalized spacial score (nSPS) is 11.5. The number of rotatable bonds is 6. The molecule has 16 heteroatoms. The molecule has 0 radical (unpaired) electrons. The molecule has 2 aromatic heterocycles. The van der Waals surface area contributed by atoms with Crippen molar-refractivity contribution in [1.82, 2.24) is 9.97 Å². The maximum Gasteiger partial charge on any atom is 1.00 e. The van der Waals surface area contributed by atoms with Gasteiger partial charge in [0.1, 0.15) is 41.8 Å². The summed E-state index contributed by atoms with van der Waals surface area (Å²) in [7, 11) is -7.01. The van der Waals surface area contributed by atoms with Crippen molar-refractivity contribution in [3.05, 3.63) is 36.4 Å². The topological polar surface area (TPSA) is 159 Å². The van der Waals surface area contributed by atoms with Gasteiger partial charge in [0, 0.05) is 0 Å². The van der Waals surface area contributed by atoms with Gasteiger partial charge in [-0.1, -0.05) is 34.8 Å². The number of para-hydroxylation sites is 2. The molecule has 4 aromatic rings. The Morgan fingerprint density at radius 3 is 1.35 bits per heavy atom. The van der Waals surface area contributed by atoms with Crippen molar-refractivity contribution >= 4 is 52.6 Å². The van der Waals surface area contributed by atoms with Crippen LogP contribution in [0, 0.1) is 0 Å². The van der Waals surface area contributed by atoms with Gasteiger partial charge in [-0.3, -0.25) is 0 Å². The molecule has 0 aliphatic heterocycles. The Kier molecular flexibility index (Phi) is 9.74. The summed E-state index contributed by atoms with van der Waals surface area (Å²) >= 11 is 2.26. The van der Waals surface area contributed by atoms with E-state index in [1.807, 2.05) is 0 Å². The van der Waals surface area contributed by atoms with Crippen LogP contribution in [0.3, 0.4) is 0 Å². The van der Waals surface area contributed by atoms with Crippen LogP contribution in [0.2, 0.25) is 0 Å². The molecule has 0 aliphatic carbocycles. The van der Waals surface area contributed by atoms with Gasteiger partial charge in [0.15, 0.2) is 9.66 Å². The van der Waals surface area contributed by atoms with Crippen molar-refractivity contribution in [2.75, 3.05) is 14.2 Å². The first-order valence-electron chi connectivity index (χ1n) is 8.58. The van der Waals surface area contributed by atoms with Gasteiger partial charge in [0.05, 0.1) is 35.1 Å². The number of ether oxygens (including phenoxy) is 2. The molecule has 0 saturated heterocycles. The van der Waals surface area contributed by atoms with Crippen LogP contribution in [0.1, 0.15) is 0 Å². The summed E-state index contributed by atoms with van der Waals surface area (Å²) in [4.78, 5) is 8.90. The van der Waals surface area contributed by atoms with Crippen molar-refractivity contribution in [2.24, 2.45) is 0 Å². The summed E-state index contributed by atoms with van der Waals surface area (Å²) in [5.41, 5.74) is 0.636. The van der Waals surface area contributed by atoms with Crippen LogP contribution in [-0.2, 0) is 20.2 Å². The number of benzene rings is 2. The molecule has 0 bridgehead atoms. The summed E-state index contributed by atoms with van der Waals surface area (Å²) in [6.07, 6.45) is 0. The molecule has 0 N–H and O–H groups in total. The van der Waals surface area contributed by atoms with E-state index in [0.29, 0.717) is 30.8 Å². The summed E-state index contributed by atoms with van der Waals surface area (Å²) in [6.45, 7) is 0. The average molecular weight is 559 g/mol. The number of thiazole rings is 2. The second-order valence-corrected chi connectivity index (χ2v) is 10.9. The molecular weight excluding hydrogens is 546 g/mol. The molecule has 0 saturated carbocycles. The van der Waals surface area contributed by atoms with Crippen LogP contribution in [0.4, 0.5) is 0 Å². The minimum atomic E-state index is -4.76. The Morgan fingerprint density at radius 2 is 1.06 bits per heavy atom. The first kappa shape index (κ1) is 29.6. The number of methoxy groups -OCH3 is 2. The summed E-state index contributed by atoms with van der Waals surface area (Å²) in [5.74, 6) is -0.224. The third kappa shape index (κ3) is 5.68. The van der Waals surface area contributed by atoms with E-state index in [9.17, 15) is 25.9 Å². The SMILES string of the molecule is COc1c(-c2nc3sc(-c4cccc(S(=O)(=O)[O-])c4OC)nc3s2)cccc1S(=O)(=O)[O-].[Na+].[Na+]. The van der Waals surface area contributed by atoms with Crippen LogP contribution in [0.15, 0.2) is 46.2 Å². The fraction of sp³-hybridized carbons (Fsp3) is 0.111. The number of aromatic nitrogens is 2. The zero-order valence-electron chi connectivity index (χ0n) is 18.3. The first-order valence-corrected chi connectivity index (χ1v) is 13.0. The minimum Gasteiger partial charge on any atom is -0.744 e. The molecule has 0 fully saturated rings. The third-order valence-electron chi connectivity index (χ3n) is 4.34. The van der Waals surface area contributed by atoms with E-state index in [-0.39, 0.29) is 70.6 Å². The van der Waals surface area contributed by atoms with Gasteiger partial charge in [0.25, 0.3) is 0 Å². The van der Waals surface area contributed by atoms with Crippen LogP contribution in [0.25, 0.3) is 30.8 Å². The second kappa shape index (κ2) is 11.2. The maximum atomic E-state index is 11.5. The van der Waals surface area contributed by atoms with E-state index in [1.165, 1.54) is 26.4 Å². The third-order valence-corrected chi connectivity index (χ3v) is 8.16. The molecular formula is C18H12N2Na2O8S4. The fourth-order valence-electron chi connectivity index (χ4n) is 3.06. The summed E-state index contributed by atoms with van der Waals surface area (Å²) in [6, 6.07) is 8.28. The van der Waals surface area contributed by atoms with E-state index in [2.05, 4.69) is 9.97 Å². The van der Waals surface area contributed by atoms with Gasteiger partial charge >= 0.3 is 59.1 Å². The molecule has 34 heavy (non-hydrogen) atoms. The number of fused-ring (bicyclic) bond motifs is 1. The van der Waals surface area contributed by atoms with Crippen molar-refractivity contribution in [3.63, 3.8) is 0 Å². The standard InChI is InChI=1S/C18H14N2O8S4.2Na/c1-27-13-9(5-3-7-11(13)31(21,22)23)15-19-17-18(29-15)20-16(30-17)10-6-4-8-12(14(10)28-2)32(24,25)26;;/h3-8H,1-2H3,(H,21,22,23)(H,24,25,26);;/q;2*+1/p-2. The van der Waals surface area contributed by atoms with E-state index in [0.717, 1.165) is 34.8 Å².